The molecule has 6 heteroatoms. The summed E-state index contributed by atoms with van der Waals surface area (Å²) < 4.78 is 13.8. The van der Waals surface area contributed by atoms with Gasteiger partial charge < -0.3 is 10.2 Å². The molecule has 1 N–H and O–H groups in total. The number of hydrogen-bond acceptors (Lipinski definition) is 2. The van der Waals surface area contributed by atoms with Crippen LogP contribution in [-0.2, 0) is 16.0 Å². The molecule has 1 saturated heterocycles. The predicted octanol–water partition coefficient (Wildman–Crippen LogP) is 3.57. The molecule has 1 aliphatic rings. The highest BCUT2D eigenvalue weighted by atomic mass is 35.5. The van der Waals surface area contributed by atoms with Crippen molar-refractivity contribution < 1.29 is 14.0 Å². The summed E-state index contributed by atoms with van der Waals surface area (Å²) in [5.74, 6) is -0.396. The van der Waals surface area contributed by atoms with Gasteiger partial charge in [0.05, 0.1) is 6.42 Å². The minimum Gasteiger partial charge on any atom is -0.353 e. The highest BCUT2D eigenvalue weighted by molar-refractivity contribution is 6.31. The lowest BCUT2D eigenvalue weighted by molar-refractivity contribution is -0.137. The zero-order valence-electron chi connectivity index (χ0n) is 14.9. The van der Waals surface area contributed by atoms with Crippen LogP contribution in [0.2, 0.25) is 5.02 Å². The normalized spacial score (nSPS) is 15.5. The molecule has 1 fully saturated rings. The molecule has 1 aliphatic heterocycles. The van der Waals surface area contributed by atoms with Crippen LogP contribution in [0.1, 0.15) is 45.1 Å². The van der Waals surface area contributed by atoms with E-state index in [9.17, 15) is 14.0 Å². The summed E-state index contributed by atoms with van der Waals surface area (Å²) in [6.45, 7) is 5.38. The lowest BCUT2D eigenvalue weighted by Crippen LogP contribution is -2.48. The van der Waals surface area contributed by atoms with Crippen LogP contribution in [0.4, 0.5) is 4.39 Å². The Morgan fingerprint density at radius 3 is 2.48 bits per heavy atom. The van der Waals surface area contributed by atoms with Crippen LogP contribution in [0.25, 0.3) is 0 Å². The van der Waals surface area contributed by atoms with E-state index in [-0.39, 0.29) is 40.8 Å². The predicted molar refractivity (Wildman–Crippen MR) is 96.9 cm³/mol. The molecule has 1 heterocycles. The Kier molecular flexibility index (Phi) is 7.24. The fourth-order valence-corrected chi connectivity index (χ4v) is 3.51. The van der Waals surface area contributed by atoms with Crippen molar-refractivity contribution in [2.24, 2.45) is 5.92 Å². The summed E-state index contributed by atoms with van der Waals surface area (Å²) in [6.07, 6.45) is 3.09. The number of nitrogens with one attached hydrogen (secondary N) is 1. The maximum absolute atomic E-state index is 13.8. The second-order valence-electron chi connectivity index (χ2n) is 6.56. The van der Waals surface area contributed by atoms with Gasteiger partial charge in [-0.1, -0.05) is 31.5 Å². The third-order valence-corrected chi connectivity index (χ3v) is 5.26. The Balaban J connectivity index is 1.83. The maximum atomic E-state index is 13.8. The van der Waals surface area contributed by atoms with E-state index in [0.717, 1.165) is 25.7 Å². The topological polar surface area (TPSA) is 49.4 Å². The van der Waals surface area contributed by atoms with Gasteiger partial charge in [-0.25, -0.2) is 4.39 Å². The molecule has 0 spiro atoms. The monoisotopic (exact) mass is 368 g/mol. The van der Waals surface area contributed by atoms with Crippen LogP contribution in [0, 0.1) is 11.7 Å². The molecule has 2 amide bonds. The van der Waals surface area contributed by atoms with Crippen molar-refractivity contribution in [2.75, 3.05) is 13.1 Å². The van der Waals surface area contributed by atoms with Crippen LogP contribution in [0.15, 0.2) is 18.2 Å². The van der Waals surface area contributed by atoms with Gasteiger partial charge in [-0.3, -0.25) is 9.59 Å². The fourth-order valence-electron chi connectivity index (χ4n) is 3.28. The largest absolute Gasteiger partial charge is 0.353 e. The summed E-state index contributed by atoms with van der Waals surface area (Å²) in [7, 11) is 0. The van der Waals surface area contributed by atoms with Crippen LogP contribution in [0.3, 0.4) is 0 Å². The standard InChI is InChI=1S/C19H26ClFN2O2/c1-3-13(4-2)19(25)23-10-8-14(9-11-23)22-18(24)12-15-16(20)6-5-7-17(15)21/h5-7,13-14H,3-4,8-12H2,1-2H3,(H,22,24). The van der Waals surface area contributed by atoms with Crippen LogP contribution >= 0.6 is 11.6 Å². The third kappa shape index (κ3) is 5.18. The molecule has 0 radical (unpaired) electrons. The Morgan fingerprint density at radius 2 is 1.92 bits per heavy atom. The van der Waals surface area contributed by atoms with Crippen molar-refractivity contribution in [3.63, 3.8) is 0 Å². The fraction of sp³-hybridized carbons (Fsp3) is 0.579. The van der Waals surface area contributed by atoms with E-state index in [1.807, 2.05) is 18.7 Å². The Hall–Kier alpha value is -1.62. The lowest BCUT2D eigenvalue weighted by Gasteiger charge is -2.34. The van der Waals surface area contributed by atoms with Crippen molar-refractivity contribution in [3.8, 4) is 0 Å². The first-order chi connectivity index (χ1) is 12.0. The minimum atomic E-state index is -0.465. The van der Waals surface area contributed by atoms with Crippen molar-refractivity contribution in [2.45, 2.75) is 52.0 Å². The molecule has 0 bridgehead atoms. The molecule has 25 heavy (non-hydrogen) atoms. The molecule has 1 aromatic carbocycles. The average Bonchev–Trinajstić information content (AvgIpc) is 2.60. The summed E-state index contributed by atoms with van der Waals surface area (Å²) >= 11 is 5.96. The van der Waals surface area contributed by atoms with Gasteiger partial charge in [0.15, 0.2) is 0 Å². The van der Waals surface area contributed by atoms with E-state index in [0.29, 0.717) is 13.1 Å². The first kappa shape index (κ1) is 19.7. The van der Waals surface area contributed by atoms with E-state index in [4.69, 9.17) is 11.6 Å². The molecule has 0 saturated carbocycles. The molecule has 1 aromatic rings. The van der Waals surface area contributed by atoms with Gasteiger partial charge in [0, 0.05) is 35.6 Å². The maximum Gasteiger partial charge on any atom is 0.225 e. The highest BCUT2D eigenvalue weighted by Crippen LogP contribution is 2.20. The number of rotatable bonds is 6. The number of halogens is 2. The van der Waals surface area contributed by atoms with Gasteiger partial charge in [-0.2, -0.15) is 0 Å². The molecule has 0 unspecified atom stereocenters. The van der Waals surface area contributed by atoms with Gasteiger partial charge in [0.1, 0.15) is 5.82 Å². The number of nitrogens with zero attached hydrogens (tertiary/aromatic N) is 1. The smallest absolute Gasteiger partial charge is 0.225 e. The lowest BCUT2D eigenvalue weighted by atomic mass is 9.98. The number of carbonyl (C=O) groups excluding carboxylic acids is 2. The summed E-state index contributed by atoms with van der Waals surface area (Å²) in [4.78, 5) is 26.5. The van der Waals surface area contributed by atoms with E-state index in [1.54, 1.807) is 6.07 Å². The molecule has 0 atom stereocenters. The molecular weight excluding hydrogens is 343 g/mol. The summed E-state index contributed by atoms with van der Waals surface area (Å²) in [5, 5.41) is 3.20. The zero-order chi connectivity index (χ0) is 18.4. The number of carbonyl (C=O) groups is 2. The number of hydrogen-bond donors (Lipinski definition) is 1. The van der Waals surface area contributed by atoms with Gasteiger partial charge >= 0.3 is 0 Å². The molecule has 138 valence electrons. The number of piperidine rings is 1. The SMILES string of the molecule is CCC(CC)C(=O)N1CCC(NC(=O)Cc2c(F)cccc2Cl)CC1. The summed E-state index contributed by atoms with van der Waals surface area (Å²) in [5.41, 5.74) is 0.225. The van der Waals surface area contributed by atoms with Gasteiger partial charge in [-0.05, 0) is 37.8 Å². The van der Waals surface area contributed by atoms with Crippen molar-refractivity contribution in [1.82, 2.24) is 10.2 Å². The van der Waals surface area contributed by atoms with E-state index < -0.39 is 5.82 Å². The van der Waals surface area contributed by atoms with Crippen LogP contribution in [0.5, 0.6) is 0 Å². The zero-order valence-corrected chi connectivity index (χ0v) is 15.6. The molecule has 4 nitrogen and oxygen atoms in total. The Morgan fingerprint density at radius 1 is 1.28 bits per heavy atom. The molecule has 2 rings (SSSR count). The van der Waals surface area contributed by atoms with Crippen molar-refractivity contribution in [3.05, 3.63) is 34.6 Å². The number of benzene rings is 1. The molecule has 0 aromatic heterocycles. The quantitative estimate of drug-likeness (QED) is 0.834. The minimum absolute atomic E-state index is 0.0174. The van der Waals surface area contributed by atoms with E-state index in [2.05, 4.69) is 5.32 Å². The van der Waals surface area contributed by atoms with Crippen molar-refractivity contribution >= 4 is 23.4 Å². The van der Waals surface area contributed by atoms with Crippen LogP contribution < -0.4 is 5.32 Å². The van der Waals surface area contributed by atoms with Gasteiger partial charge in [0.2, 0.25) is 11.8 Å². The average molecular weight is 369 g/mol. The number of likely N-dealkylation sites (tertiary alicyclic amines) is 1. The van der Waals surface area contributed by atoms with E-state index >= 15 is 0 Å². The summed E-state index contributed by atoms with van der Waals surface area (Å²) in [6, 6.07) is 4.42. The van der Waals surface area contributed by atoms with E-state index in [1.165, 1.54) is 12.1 Å². The first-order valence-corrected chi connectivity index (χ1v) is 9.35. The molecular formula is C19H26ClFN2O2. The second kappa shape index (κ2) is 9.18. The van der Waals surface area contributed by atoms with Crippen molar-refractivity contribution in [1.29, 1.82) is 0 Å². The second-order valence-corrected chi connectivity index (χ2v) is 6.96. The third-order valence-electron chi connectivity index (χ3n) is 4.91. The van der Waals surface area contributed by atoms with Crippen LogP contribution in [-0.4, -0.2) is 35.8 Å². The highest BCUT2D eigenvalue weighted by Gasteiger charge is 2.27. The Labute approximate surface area is 153 Å². The Bertz CT molecular complexity index is 591. The van der Waals surface area contributed by atoms with Gasteiger partial charge in [0.25, 0.3) is 0 Å². The van der Waals surface area contributed by atoms with Gasteiger partial charge in [-0.15, -0.1) is 0 Å². The molecule has 0 aliphatic carbocycles. The first-order valence-electron chi connectivity index (χ1n) is 8.97. The number of amides is 2.